The Kier molecular flexibility index (Phi) is 3.62. The highest BCUT2D eigenvalue weighted by molar-refractivity contribution is 6.31. The lowest BCUT2D eigenvalue weighted by Crippen LogP contribution is -2.29. The Balaban J connectivity index is 2.77. The quantitative estimate of drug-likeness (QED) is 0.824. The summed E-state index contributed by atoms with van der Waals surface area (Å²) in [5, 5.41) is 10.5. The summed E-state index contributed by atoms with van der Waals surface area (Å²) in [6.45, 7) is -0.521. The van der Waals surface area contributed by atoms with Crippen LogP contribution in [0.15, 0.2) is 18.2 Å². The molecule has 0 aromatic heterocycles. The highest BCUT2D eigenvalue weighted by atomic mass is 35.5. The number of hydrogen-bond acceptors (Lipinski definition) is 2. The minimum Gasteiger partial charge on any atom is -0.480 e. The van der Waals surface area contributed by atoms with Crippen LogP contribution >= 0.6 is 11.6 Å². The number of carbonyl (C=O) groups excluding carboxylic acids is 1. The van der Waals surface area contributed by atoms with Gasteiger partial charge in [0.2, 0.25) is 0 Å². The molecule has 0 bridgehead atoms. The molecule has 1 rings (SSSR count). The van der Waals surface area contributed by atoms with Crippen LogP contribution in [0.2, 0.25) is 5.02 Å². The molecule has 6 heteroatoms. The van der Waals surface area contributed by atoms with Gasteiger partial charge >= 0.3 is 5.97 Å². The molecule has 0 heterocycles. The van der Waals surface area contributed by atoms with E-state index in [1.807, 2.05) is 0 Å². The van der Waals surface area contributed by atoms with Gasteiger partial charge in [0.25, 0.3) is 5.91 Å². The zero-order valence-electron chi connectivity index (χ0n) is 7.46. The maximum atomic E-state index is 12.8. The lowest BCUT2D eigenvalue weighted by molar-refractivity contribution is -0.135. The topological polar surface area (TPSA) is 66.4 Å². The number of carboxylic acid groups (broad SMARTS) is 1. The van der Waals surface area contributed by atoms with Crippen molar-refractivity contribution >= 4 is 23.5 Å². The van der Waals surface area contributed by atoms with Crippen molar-refractivity contribution in [3.63, 3.8) is 0 Å². The number of carbonyl (C=O) groups is 2. The van der Waals surface area contributed by atoms with Crippen molar-refractivity contribution in [1.82, 2.24) is 5.32 Å². The van der Waals surface area contributed by atoms with E-state index in [0.717, 1.165) is 12.1 Å². The number of amides is 1. The van der Waals surface area contributed by atoms with Gasteiger partial charge in [-0.05, 0) is 18.2 Å². The Labute approximate surface area is 89.7 Å². The second-order valence-corrected chi connectivity index (χ2v) is 3.17. The Bertz CT molecular complexity index is 388. The van der Waals surface area contributed by atoms with Crippen LogP contribution in [-0.2, 0) is 4.79 Å². The highest BCUT2D eigenvalue weighted by Crippen LogP contribution is 2.13. The smallest absolute Gasteiger partial charge is 0.322 e. The van der Waals surface area contributed by atoms with Crippen LogP contribution in [0.1, 0.15) is 10.4 Å². The summed E-state index contributed by atoms with van der Waals surface area (Å²) in [5.41, 5.74) is -0.0127. The van der Waals surface area contributed by atoms with Gasteiger partial charge in [0.15, 0.2) is 0 Å². The maximum Gasteiger partial charge on any atom is 0.322 e. The van der Waals surface area contributed by atoms with Gasteiger partial charge in [-0.15, -0.1) is 0 Å². The first-order valence-electron chi connectivity index (χ1n) is 3.95. The van der Waals surface area contributed by atoms with Gasteiger partial charge in [-0.25, -0.2) is 4.39 Å². The molecule has 0 saturated carbocycles. The zero-order valence-corrected chi connectivity index (χ0v) is 8.21. The van der Waals surface area contributed by atoms with Gasteiger partial charge in [0.1, 0.15) is 12.4 Å². The molecule has 80 valence electrons. The van der Waals surface area contributed by atoms with Gasteiger partial charge in [0, 0.05) is 10.6 Å². The van der Waals surface area contributed by atoms with Gasteiger partial charge in [-0.3, -0.25) is 9.59 Å². The Morgan fingerprint density at radius 3 is 2.60 bits per heavy atom. The summed E-state index contributed by atoms with van der Waals surface area (Å²) in [7, 11) is 0. The van der Waals surface area contributed by atoms with E-state index in [0.29, 0.717) is 0 Å². The molecule has 1 aromatic carbocycles. The number of carboxylic acids is 1. The van der Waals surface area contributed by atoms with Crippen molar-refractivity contribution in [3.05, 3.63) is 34.6 Å². The van der Waals surface area contributed by atoms with E-state index in [4.69, 9.17) is 16.7 Å². The molecule has 1 amide bonds. The fourth-order valence-corrected chi connectivity index (χ4v) is 1.16. The maximum absolute atomic E-state index is 12.8. The van der Waals surface area contributed by atoms with Crippen molar-refractivity contribution in [2.45, 2.75) is 0 Å². The molecule has 2 N–H and O–H groups in total. The third-order valence-corrected chi connectivity index (χ3v) is 1.74. The largest absolute Gasteiger partial charge is 0.480 e. The van der Waals surface area contributed by atoms with Gasteiger partial charge < -0.3 is 10.4 Å². The second kappa shape index (κ2) is 4.75. The normalized spacial score (nSPS) is 9.73. The molecule has 0 aliphatic carbocycles. The van der Waals surface area contributed by atoms with Crippen molar-refractivity contribution in [3.8, 4) is 0 Å². The van der Waals surface area contributed by atoms with E-state index in [-0.39, 0.29) is 10.6 Å². The Morgan fingerprint density at radius 1 is 1.40 bits per heavy atom. The summed E-state index contributed by atoms with van der Waals surface area (Å²) in [4.78, 5) is 21.4. The van der Waals surface area contributed by atoms with Crippen LogP contribution in [0.4, 0.5) is 4.39 Å². The van der Waals surface area contributed by atoms with E-state index in [2.05, 4.69) is 5.32 Å². The summed E-state index contributed by atoms with van der Waals surface area (Å²) < 4.78 is 12.8. The van der Waals surface area contributed by atoms with E-state index in [9.17, 15) is 14.0 Å². The van der Waals surface area contributed by atoms with Crippen LogP contribution in [0.3, 0.4) is 0 Å². The minimum atomic E-state index is -1.18. The average Bonchev–Trinajstić information content (AvgIpc) is 2.12. The van der Waals surface area contributed by atoms with Crippen LogP contribution in [0, 0.1) is 5.82 Å². The van der Waals surface area contributed by atoms with Crippen LogP contribution in [0.5, 0.6) is 0 Å². The number of nitrogens with one attached hydrogen (secondary N) is 1. The lowest BCUT2D eigenvalue weighted by Gasteiger charge is -2.02. The minimum absolute atomic E-state index is 0.0127. The van der Waals surface area contributed by atoms with Crippen molar-refractivity contribution in [2.75, 3.05) is 6.54 Å². The molecule has 0 unspecified atom stereocenters. The molecule has 0 radical (unpaired) electrons. The van der Waals surface area contributed by atoms with E-state index < -0.39 is 24.2 Å². The van der Waals surface area contributed by atoms with Gasteiger partial charge in [-0.2, -0.15) is 0 Å². The molecule has 1 aromatic rings. The first-order chi connectivity index (χ1) is 6.99. The average molecular weight is 232 g/mol. The van der Waals surface area contributed by atoms with Crippen molar-refractivity contribution in [1.29, 1.82) is 0 Å². The van der Waals surface area contributed by atoms with E-state index in [1.165, 1.54) is 6.07 Å². The summed E-state index contributed by atoms with van der Waals surface area (Å²) in [6, 6.07) is 3.28. The predicted molar refractivity (Wildman–Crippen MR) is 51.4 cm³/mol. The molecule has 0 aliphatic rings. The fourth-order valence-electron chi connectivity index (χ4n) is 0.943. The molecule has 0 saturated heterocycles. The molecular formula is C9H7ClFNO3. The standard InChI is InChI=1S/C9H7ClFNO3/c10-6-1-5(2-7(11)3-6)9(15)12-4-8(13)14/h1-3H,4H2,(H,12,15)(H,13,14). The number of rotatable bonds is 3. The Morgan fingerprint density at radius 2 is 2.07 bits per heavy atom. The van der Waals surface area contributed by atoms with Gasteiger partial charge in [-0.1, -0.05) is 11.6 Å². The van der Waals surface area contributed by atoms with E-state index >= 15 is 0 Å². The highest BCUT2D eigenvalue weighted by Gasteiger charge is 2.09. The van der Waals surface area contributed by atoms with E-state index in [1.54, 1.807) is 0 Å². The summed E-state index contributed by atoms with van der Waals surface area (Å²) in [6.07, 6.45) is 0. The fraction of sp³-hybridized carbons (Fsp3) is 0.111. The number of benzene rings is 1. The zero-order chi connectivity index (χ0) is 11.4. The van der Waals surface area contributed by atoms with Crippen LogP contribution in [0.25, 0.3) is 0 Å². The predicted octanol–water partition coefficient (Wildman–Crippen LogP) is 1.29. The second-order valence-electron chi connectivity index (χ2n) is 2.73. The van der Waals surface area contributed by atoms with Gasteiger partial charge in [0.05, 0.1) is 0 Å². The number of aliphatic carboxylic acids is 1. The first kappa shape index (κ1) is 11.5. The molecule has 0 fully saturated rings. The molecule has 15 heavy (non-hydrogen) atoms. The molecule has 0 aliphatic heterocycles. The molecule has 0 atom stereocenters. The van der Waals surface area contributed by atoms with Crippen molar-refractivity contribution in [2.24, 2.45) is 0 Å². The van der Waals surface area contributed by atoms with Crippen LogP contribution in [-0.4, -0.2) is 23.5 Å². The molecule has 4 nitrogen and oxygen atoms in total. The first-order valence-corrected chi connectivity index (χ1v) is 4.33. The third-order valence-electron chi connectivity index (χ3n) is 1.52. The number of halogens is 2. The summed E-state index contributed by atoms with van der Waals surface area (Å²) >= 11 is 5.52. The van der Waals surface area contributed by atoms with Crippen molar-refractivity contribution < 1.29 is 19.1 Å². The Hall–Kier alpha value is -1.62. The van der Waals surface area contributed by atoms with Crippen LogP contribution < -0.4 is 5.32 Å². The molecular weight excluding hydrogens is 225 g/mol. The molecule has 0 spiro atoms. The SMILES string of the molecule is O=C(O)CNC(=O)c1cc(F)cc(Cl)c1. The lowest BCUT2D eigenvalue weighted by atomic mass is 10.2. The number of hydrogen-bond donors (Lipinski definition) is 2. The summed E-state index contributed by atoms with van der Waals surface area (Å²) in [5.74, 6) is -2.51. The third kappa shape index (κ3) is 3.55. The monoisotopic (exact) mass is 231 g/mol.